The molecule has 19 heavy (non-hydrogen) atoms. The summed E-state index contributed by atoms with van der Waals surface area (Å²) in [5.41, 5.74) is 3.15. The van der Waals surface area contributed by atoms with Gasteiger partial charge in [-0.3, -0.25) is 0 Å². The first-order valence-electron chi connectivity index (χ1n) is 6.95. The molecule has 0 unspecified atom stereocenters. The highest BCUT2D eigenvalue weighted by atomic mass is 35.5. The molecule has 2 aliphatic rings. The molecular weight excluding hydrogens is 276 g/mol. The summed E-state index contributed by atoms with van der Waals surface area (Å²) < 4.78 is 1.22. The summed E-state index contributed by atoms with van der Waals surface area (Å²) >= 11 is 8.19. The van der Waals surface area contributed by atoms with Crippen LogP contribution in [0.3, 0.4) is 0 Å². The largest absolute Gasteiger partial charge is 0.393 e. The van der Waals surface area contributed by atoms with E-state index in [0.29, 0.717) is 5.92 Å². The van der Waals surface area contributed by atoms with E-state index in [1.54, 1.807) is 11.3 Å². The Morgan fingerprint density at radius 1 is 1.47 bits per heavy atom. The molecule has 1 saturated carbocycles. The highest BCUT2D eigenvalue weighted by molar-refractivity contribution is 7.17. The molecule has 1 nitrogen and oxygen atoms in total. The molecule has 0 saturated heterocycles. The van der Waals surface area contributed by atoms with Crippen molar-refractivity contribution in [3.63, 3.8) is 0 Å². The fraction of sp³-hybridized carbons (Fsp3) is 0.500. The fourth-order valence-electron chi connectivity index (χ4n) is 4.28. The Balaban J connectivity index is 1.97. The van der Waals surface area contributed by atoms with Crippen molar-refractivity contribution in [2.24, 2.45) is 5.41 Å². The van der Waals surface area contributed by atoms with E-state index in [4.69, 9.17) is 11.6 Å². The van der Waals surface area contributed by atoms with Crippen LogP contribution in [0.15, 0.2) is 17.5 Å². The maximum atomic E-state index is 10.1. The first-order valence-corrected chi connectivity index (χ1v) is 8.21. The number of benzene rings is 1. The fourth-order valence-corrected chi connectivity index (χ4v) is 5.46. The van der Waals surface area contributed by atoms with Crippen LogP contribution in [0.25, 0.3) is 10.1 Å². The van der Waals surface area contributed by atoms with Crippen molar-refractivity contribution in [1.82, 2.24) is 0 Å². The molecule has 4 rings (SSSR count). The lowest BCUT2D eigenvalue weighted by Crippen LogP contribution is -2.26. The first kappa shape index (κ1) is 12.2. The molecule has 1 aromatic heterocycles. The molecule has 0 amide bonds. The predicted molar refractivity (Wildman–Crippen MR) is 81.2 cm³/mol. The summed E-state index contributed by atoms with van der Waals surface area (Å²) in [6.07, 6.45) is 4.01. The van der Waals surface area contributed by atoms with Crippen LogP contribution in [0.1, 0.15) is 43.2 Å². The van der Waals surface area contributed by atoms with Gasteiger partial charge in [-0.25, -0.2) is 0 Å². The maximum absolute atomic E-state index is 10.1. The molecule has 1 aromatic carbocycles. The van der Waals surface area contributed by atoms with Gasteiger partial charge in [-0.05, 0) is 71.0 Å². The van der Waals surface area contributed by atoms with E-state index in [9.17, 15) is 5.11 Å². The molecule has 100 valence electrons. The highest BCUT2D eigenvalue weighted by Crippen LogP contribution is 2.57. The number of hydrogen-bond acceptors (Lipinski definition) is 2. The lowest BCUT2D eigenvalue weighted by Gasteiger charge is -2.38. The standard InChI is InChI=1S/C16H17ClOS/c1-16-4-2-10-11-3-5-19-15(11)14(17)7-12(10)13(16)6-9(18)8-16/h3,5,7,9,13,18H,2,4,6,8H2,1H3/t9-,13+,16-/m0/s1. The van der Waals surface area contributed by atoms with Gasteiger partial charge >= 0.3 is 0 Å². The number of aryl methyl sites for hydroxylation is 1. The first-order chi connectivity index (χ1) is 9.08. The van der Waals surface area contributed by atoms with Crippen molar-refractivity contribution >= 4 is 33.0 Å². The van der Waals surface area contributed by atoms with Crippen molar-refractivity contribution in [2.45, 2.75) is 44.6 Å². The average Bonchev–Trinajstić information content (AvgIpc) is 2.93. The van der Waals surface area contributed by atoms with Gasteiger partial charge in [0.25, 0.3) is 0 Å². The molecule has 2 aliphatic carbocycles. The Bertz CT molecular complexity index is 662. The highest BCUT2D eigenvalue weighted by Gasteiger charge is 2.47. The molecule has 1 N–H and O–H groups in total. The van der Waals surface area contributed by atoms with E-state index in [1.165, 1.54) is 27.6 Å². The maximum Gasteiger partial charge on any atom is 0.0587 e. The van der Waals surface area contributed by atoms with Gasteiger partial charge in [0.2, 0.25) is 0 Å². The quantitative estimate of drug-likeness (QED) is 0.743. The minimum atomic E-state index is -0.141. The summed E-state index contributed by atoms with van der Waals surface area (Å²) in [7, 11) is 0. The molecule has 0 aliphatic heterocycles. The molecule has 2 aromatic rings. The van der Waals surface area contributed by atoms with Crippen LogP contribution in [-0.2, 0) is 6.42 Å². The van der Waals surface area contributed by atoms with E-state index in [-0.39, 0.29) is 11.5 Å². The van der Waals surface area contributed by atoms with Crippen LogP contribution in [0.2, 0.25) is 5.02 Å². The second-order valence-electron chi connectivity index (χ2n) is 6.39. The lowest BCUT2D eigenvalue weighted by atomic mass is 9.66. The molecule has 0 radical (unpaired) electrons. The van der Waals surface area contributed by atoms with E-state index >= 15 is 0 Å². The summed E-state index contributed by atoms with van der Waals surface area (Å²) in [5.74, 6) is 0.480. The lowest BCUT2D eigenvalue weighted by molar-refractivity contribution is 0.159. The molecular formula is C16H17ClOS. The van der Waals surface area contributed by atoms with E-state index < -0.39 is 0 Å². The van der Waals surface area contributed by atoms with E-state index in [0.717, 1.165) is 24.3 Å². The van der Waals surface area contributed by atoms with Crippen LogP contribution in [-0.4, -0.2) is 11.2 Å². The molecule has 1 fully saturated rings. The molecule has 3 atom stereocenters. The number of rotatable bonds is 0. The Morgan fingerprint density at radius 3 is 3.16 bits per heavy atom. The third kappa shape index (κ3) is 1.63. The van der Waals surface area contributed by atoms with Gasteiger partial charge < -0.3 is 5.11 Å². The van der Waals surface area contributed by atoms with Gasteiger partial charge in [-0.2, -0.15) is 0 Å². The monoisotopic (exact) mass is 292 g/mol. The summed E-state index contributed by atoms with van der Waals surface area (Å²) in [6.45, 7) is 2.34. The van der Waals surface area contributed by atoms with E-state index in [1.807, 2.05) is 0 Å². The third-order valence-corrected chi connectivity index (χ3v) is 6.57. The third-order valence-electron chi connectivity index (χ3n) is 5.21. The Kier molecular flexibility index (Phi) is 2.55. The van der Waals surface area contributed by atoms with Gasteiger partial charge in [0, 0.05) is 0 Å². The van der Waals surface area contributed by atoms with Crippen LogP contribution in [0.4, 0.5) is 0 Å². The van der Waals surface area contributed by atoms with Gasteiger partial charge in [-0.15, -0.1) is 11.3 Å². The zero-order chi connectivity index (χ0) is 13.2. The topological polar surface area (TPSA) is 20.2 Å². The number of hydrogen-bond donors (Lipinski definition) is 1. The molecule has 1 heterocycles. The van der Waals surface area contributed by atoms with Crippen molar-refractivity contribution in [2.75, 3.05) is 0 Å². The summed E-state index contributed by atoms with van der Waals surface area (Å²) in [6, 6.07) is 4.38. The average molecular weight is 293 g/mol. The Hall–Kier alpha value is -0.570. The molecule has 0 spiro atoms. The number of aliphatic hydroxyl groups is 1. The Labute approximate surface area is 122 Å². The number of fused-ring (bicyclic) bond motifs is 5. The second kappa shape index (κ2) is 3.97. The minimum absolute atomic E-state index is 0.141. The van der Waals surface area contributed by atoms with Crippen LogP contribution >= 0.6 is 22.9 Å². The second-order valence-corrected chi connectivity index (χ2v) is 7.71. The smallest absolute Gasteiger partial charge is 0.0587 e. The number of aliphatic hydroxyl groups excluding tert-OH is 1. The summed E-state index contributed by atoms with van der Waals surface area (Å²) in [5, 5.41) is 14.4. The van der Waals surface area contributed by atoms with Crippen molar-refractivity contribution < 1.29 is 5.11 Å². The van der Waals surface area contributed by atoms with Crippen molar-refractivity contribution in [1.29, 1.82) is 0 Å². The van der Waals surface area contributed by atoms with Crippen LogP contribution in [0.5, 0.6) is 0 Å². The zero-order valence-corrected chi connectivity index (χ0v) is 12.5. The van der Waals surface area contributed by atoms with Gasteiger partial charge in [-0.1, -0.05) is 18.5 Å². The van der Waals surface area contributed by atoms with Crippen LogP contribution in [0, 0.1) is 5.41 Å². The van der Waals surface area contributed by atoms with Crippen molar-refractivity contribution in [3.05, 3.63) is 33.7 Å². The van der Waals surface area contributed by atoms with Crippen molar-refractivity contribution in [3.8, 4) is 0 Å². The normalized spacial score (nSPS) is 33.4. The van der Waals surface area contributed by atoms with Gasteiger partial charge in [0.05, 0.1) is 15.8 Å². The molecule has 0 bridgehead atoms. The summed E-state index contributed by atoms with van der Waals surface area (Å²) in [4.78, 5) is 0. The van der Waals surface area contributed by atoms with Gasteiger partial charge in [0.15, 0.2) is 0 Å². The van der Waals surface area contributed by atoms with Gasteiger partial charge in [0.1, 0.15) is 0 Å². The zero-order valence-electron chi connectivity index (χ0n) is 10.9. The number of thiophene rings is 1. The van der Waals surface area contributed by atoms with Crippen LogP contribution < -0.4 is 0 Å². The predicted octanol–water partition coefficient (Wildman–Crippen LogP) is 4.75. The Morgan fingerprint density at radius 2 is 2.32 bits per heavy atom. The number of halogens is 1. The minimum Gasteiger partial charge on any atom is -0.393 e. The molecule has 3 heteroatoms. The van der Waals surface area contributed by atoms with E-state index in [2.05, 4.69) is 24.4 Å². The SMILES string of the molecule is C[C@@]12CCc3c(cc(Cl)c4sccc34)[C@H]1C[C@H](O)C2.